The van der Waals surface area contributed by atoms with Crippen LogP contribution >= 0.6 is 0 Å². The van der Waals surface area contributed by atoms with Gasteiger partial charge in [0.1, 0.15) is 0 Å². The number of likely N-dealkylation sites (tertiary alicyclic amines) is 1. The number of aryl methyl sites for hydroxylation is 3. The average molecular weight is 489 g/mol. The van der Waals surface area contributed by atoms with Gasteiger partial charge in [0, 0.05) is 48.7 Å². The Morgan fingerprint density at radius 2 is 2.11 bits per heavy atom. The number of carboxylic acids is 1. The lowest BCUT2D eigenvalue weighted by Gasteiger charge is -2.15. The highest BCUT2D eigenvalue weighted by Crippen LogP contribution is 2.33. The molecule has 11 heteroatoms. The quantitative estimate of drug-likeness (QED) is 0.311. The van der Waals surface area contributed by atoms with E-state index in [0.29, 0.717) is 37.0 Å². The molecule has 0 saturated carbocycles. The summed E-state index contributed by atoms with van der Waals surface area (Å²) in [5, 5.41) is 20.6. The number of rotatable bonds is 7. The van der Waals surface area contributed by atoms with Crippen LogP contribution in [0.5, 0.6) is 0 Å². The van der Waals surface area contributed by atoms with E-state index in [1.807, 2.05) is 56.3 Å². The highest BCUT2D eigenvalue weighted by Gasteiger charge is 2.29. The van der Waals surface area contributed by atoms with Crippen LogP contribution in [-0.4, -0.2) is 66.2 Å². The molecular weight excluding hydrogens is 460 g/mol. The molecule has 1 aliphatic heterocycles. The minimum Gasteiger partial charge on any atom is -0.481 e. The molecule has 1 aliphatic rings. The van der Waals surface area contributed by atoms with Crippen molar-refractivity contribution in [1.29, 1.82) is 0 Å². The van der Waals surface area contributed by atoms with Crippen LogP contribution in [-0.2, 0) is 16.6 Å². The van der Waals surface area contributed by atoms with Crippen LogP contribution < -0.4 is 10.6 Å². The van der Waals surface area contributed by atoms with Gasteiger partial charge in [-0.3, -0.25) is 19.2 Å². The summed E-state index contributed by atoms with van der Waals surface area (Å²) < 4.78 is 1.78. The van der Waals surface area contributed by atoms with E-state index in [0.717, 1.165) is 33.4 Å². The number of aromatic amines is 1. The second kappa shape index (κ2) is 9.42. The lowest BCUT2D eigenvalue weighted by Crippen LogP contribution is -2.32. The molecule has 1 atom stereocenters. The molecule has 1 saturated heterocycles. The molecule has 36 heavy (non-hydrogen) atoms. The van der Waals surface area contributed by atoms with E-state index in [2.05, 4.69) is 25.7 Å². The van der Waals surface area contributed by atoms with Crippen molar-refractivity contribution in [2.45, 2.75) is 20.3 Å². The number of amides is 1. The van der Waals surface area contributed by atoms with Crippen molar-refractivity contribution in [2.75, 3.05) is 30.3 Å². The smallest absolute Gasteiger partial charge is 0.307 e. The fourth-order valence-corrected chi connectivity index (χ4v) is 4.54. The Hall–Kier alpha value is -4.25. The van der Waals surface area contributed by atoms with Crippen molar-refractivity contribution in [1.82, 2.24) is 29.6 Å². The van der Waals surface area contributed by atoms with Gasteiger partial charge < -0.3 is 20.7 Å². The van der Waals surface area contributed by atoms with Crippen molar-refractivity contribution >= 4 is 40.2 Å². The van der Waals surface area contributed by atoms with Crippen LogP contribution in [0.1, 0.15) is 17.7 Å². The molecule has 1 fully saturated rings. The Kier molecular flexibility index (Phi) is 6.15. The molecule has 0 radical (unpaired) electrons. The number of aromatic nitrogens is 5. The Labute approximate surface area is 207 Å². The average Bonchev–Trinajstić information content (AvgIpc) is 3.55. The number of aliphatic carboxylic acids is 1. The van der Waals surface area contributed by atoms with Gasteiger partial charge in [-0.15, -0.1) is 0 Å². The molecule has 4 heterocycles. The predicted octanol–water partition coefficient (Wildman–Crippen LogP) is 3.06. The molecule has 3 aromatic heterocycles. The maximum atomic E-state index is 12.7. The first-order valence-electron chi connectivity index (χ1n) is 11.8. The van der Waals surface area contributed by atoms with E-state index in [1.165, 1.54) is 0 Å². The van der Waals surface area contributed by atoms with Crippen LogP contribution in [0.3, 0.4) is 0 Å². The van der Waals surface area contributed by atoms with Crippen molar-refractivity contribution in [2.24, 2.45) is 13.0 Å². The normalized spacial score (nSPS) is 15.9. The zero-order valence-corrected chi connectivity index (χ0v) is 20.4. The second-order valence-corrected chi connectivity index (χ2v) is 9.18. The Bertz CT molecular complexity index is 1440. The topological polar surface area (TPSA) is 141 Å². The summed E-state index contributed by atoms with van der Waals surface area (Å²) in [4.78, 5) is 38.2. The number of para-hydroxylation sites is 1. The first-order valence-corrected chi connectivity index (χ1v) is 11.8. The van der Waals surface area contributed by atoms with Gasteiger partial charge in [0.2, 0.25) is 11.9 Å². The minimum atomic E-state index is -0.810. The number of H-pyrrole nitrogens is 1. The third-order valence-corrected chi connectivity index (χ3v) is 6.56. The number of hydrogen-bond donors (Lipinski definition) is 4. The molecule has 0 bridgehead atoms. The first-order chi connectivity index (χ1) is 17.3. The van der Waals surface area contributed by atoms with E-state index in [9.17, 15) is 14.7 Å². The summed E-state index contributed by atoms with van der Waals surface area (Å²) in [7, 11) is 1.88. The van der Waals surface area contributed by atoms with Crippen molar-refractivity contribution in [3.8, 4) is 11.3 Å². The minimum absolute atomic E-state index is 0.154. The highest BCUT2D eigenvalue weighted by molar-refractivity contribution is 6.06. The summed E-state index contributed by atoms with van der Waals surface area (Å²) in [6, 6.07) is 7.63. The maximum absolute atomic E-state index is 12.7. The summed E-state index contributed by atoms with van der Waals surface area (Å²) >= 11 is 0. The Balaban J connectivity index is 1.37. The lowest BCUT2D eigenvalue weighted by molar-refractivity contribution is -0.141. The van der Waals surface area contributed by atoms with Gasteiger partial charge in [-0.25, -0.2) is 9.97 Å². The number of anilines is 3. The van der Waals surface area contributed by atoms with Crippen LogP contribution in [0.25, 0.3) is 22.2 Å². The van der Waals surface area contributed by atoms with Gasteiger partial charge in [-0.1, -0.05) is 12.1 Å². The van der Waals surface area contributed by atoms with Crippen LogP contribution in [0.4, 0.5) is 17.5 Å². The molecule has 1 unspecified atom stereocenters. The molecule has 4 aromatic rings. The third kappa shape index (κ3) is 4.65. The van der Waals surface area contributed by atoms with E-state index in [1.54, 1.807) is 10.9 Å². The number of carbonyl (C=O) groups excluding carboxylic acids is 1. The highest BCUT2D eigenvalue weighted by atomic mass is 16.4. The molecule has 5 rings (SSSR count). The van der Waals surface area contributed by atoms with Gasteiger partial charge >= 0.3 is 5.97 Å². The van der Waals surface area contributed by atoms with Crippen molar-refractivity contribution in [3.05, 3.63) is 47.9 Å². The fraction of sp³-hybridized carbons (Fsp3) is 0.320. The SMILES string of the molecule is Cc1cnc(Nc2cc(C)n(C)n2)nc1-c1c[nH]c2c(NC(=O)CN3CCC(C(=O)O)C3)cccc12. The van der Waals surface area contributed by atoms with Crippen LogP contribution in [0.15, 0.2) is 36.7 Å². The fourth-order valence-electron chi connectivity index (χ4n) is 4.54. The largest absolute Gasteiger partial charge is 0.481 e. The van der Waals surface area contributed by atoms with Gasteiger partial charge in [0.25, 0.3) is 0 Å². The van der Waals surface area contributed by atoms with E-state index < -0.39 is 11.9 Å². The van der Waals surface area contributed by atoms with Gasteiger partial charge in [-0.05, 0) is 38.4 Å². The van der Waals surface area contributed by atoms with Crippen molar-refractivity contribution < 1.29 is 14.7 Å². The number of carbonyl (C=O) groups is 2. The second-order valence-electron chi connectivity index (χ2n) is 9.18. The number of fused-ring (bicyclic) bond motifs is 1. The van der Waals surface area contributed by atoms with Gasteiger partial charge in [-0.2, -0.15) is 5.10 Å². The molecule has 1 amide bonds. The summed E-state index contributed by atoms with van der Waals surface area (Å²) in [6.45, 7) is 5.07. The van der Waals surface area contributed by atoms with E-state index >= 15 is 0 Å². The predicted molar refractivity (Wildman–Crippen MR) is 136 cm³/mol. The molecule has 0 aliphatic carbocycles. The molecule has 1 aromatic carbocycles. The Morgan fingerprint density at radius 3 is 2.83 bits per heavy atom. The molecule has 11 nitrogen and oxygen atoms in total. The number of nitrogens with one attached hydrogen (secondary N) is 3. The zero-order chi connectivity index (χ0) is 25.4. The molecular formula is C25H28N8O3. The Morgan fingerprint density at radius 1 is 1.28 bits per heavy atom. The molecule has 0 spiro atoms. The van der Waals surface area contributed by atoms with Crippen LogP contribution in [0.2, 0.25) is 0 Å². The number of hydrogen-bond acceptors (Lipinski definition) is 7. The molecule has 186 valence electrons. The monoisotopic (exact) mass is 488 g/mol. The first kappa shape index (κ1) is 23.5. The van der Waals surface area contributed by atoms with Crippen LogP contribution in [0, 0.1) is 19.8 Å². The third-order valence-electron chi connectivity index (χ3n) is 6.56. The number of nitrogens with zero attached hydrogens (tertiary/aromatic N) is 5. The molecule has 4 N–H and O–H groups in total. The summed E-state index contributed by atoms with van der Waals surface area (Å²) in [6.07, 6.45) is 4.21. The van der Waals surface area contributed by atoms with Gasteiger partial charge in [0.05, 0.1) is 29.4 Å². The standard InChI is InChI=1S/C25H28N8O3/c1-14-10-27-25(29-20-9-15(2)32(3)31-20)30-22(14)18-11-26-23-17(18)5-4-6-19(23)28-21(34)13-33-8-7-16(12-33)24(35)36/h4-6,9-11,16,26H,7-8,12-13H2,1-3H3,(H,28,34)(H,35,36)(H,27,29,30,31). The van der Waals surface area contributed by atoms with Gasteiger partial charge in [0.15, 0.2) is 5.82 Å². The number of carboxylic acid groups (broad SMARTS) is 1. The van der Waals surface area contributed by atoms with E-state index in [-0.39, 0.29) is 12.5 Å². The maximum Gasteiger partial charge on any atom is 0.307 e. The number of benzene rings is 1. The lowest BCUT2D eigenvalue weighted by atomic mass is 10.1. The van der Waals surface area contributed by atoms with Crippen molar-refractivity contribution in [3.63, 3.8) is 0 Å². The summed E-state index contributed by atoms with van der Waals surface area (Å²) in [5.41, 5.74) is 5.04. The van der Waals surface area contributed by atoms with E-state index in [4.69, 9.17) is 4.98 Å². The zero-order valence-electron chi connectivity index (χ0n) is 20.4. The summed E-state index contributed by atoms with van der Waals surface area (Å²) in [5.74, 6) is -0.293.